The van der Waals surface area contributed by atoms with Crippen molar-refractivity contribution in [3.63, 3.8) is 0 Å². The summed E-state index contributed by atoms with van der Waals surface area (Å²) < 4.78 is 11.3. The van der Waals surface area contributed by atoms with Crippen LogP contribution in [0.3, 0.4) is 0 Å². The molecule has 0 spiro atoms. The Bertz CT molecular complexity index is 478. The first-order valence-electron chi connectivity index (χ1n) is 7.68. The molecule has 1 aromatic heterocycles. The number of hydrogen-bond donors (Lipinski definition) is 1. The highest BCUT2D eigenvalue weighted by Gasteiger charge is 2.42. The maximum absolute atomic E-state index is 6.12. The van der Waals surface area contributed by atoms with Crippen LogP contribution in [-0.4, -0.2) is 23.7 Å². The highest BCUT2D eigenvalue weighted by Crippen LogP contribution is 2.46. The van der Waals surface area contributed by atoms with Crippen LogP contribution in [0.25, 0.3) is 0 Å². The van der Waals surface area contributed by atoms with E-state index in [2.05, 4.69) is 23.8 Å². The van der Waals surface area contributed by atoms with Crippen LogP contribution in [0.1, 0.15) is 58.0 Å². The van der Waals surface area contributed by atoms with Crippen molar-refractivity contribution in [2.45, 2.75) is 58.7 Å². The Balaban J connectivity index is 2.34. The van der Waals surface area contributed by atoms with E-state index in [4.69, 9.17) is 15.2 Å². The van der Waals surface area contributed by atoms with E-state index in [1.165, 1.54) is 0 Å². The first kappa shape index (κ1) is 16.2. The summed E-state index contributed by atoms with van der Waals surface area (Å²) in [7, 11) is 1.65. The molecule has 2 rings (SSSR count). The summed E-state index contributed by atoms with van der Waals surface area (Å²) in [6.45, 7) is 7.72. The van der Waals surface area contributed by atoms with E-state index in [9.17, 15) is 0 Å². The molecule has 0 aliphatic heterocycles. The Kier molecular flexibility index (Phi) is 4.84. The van der Waals surface area contributed by atoms with Gasteiger partial charge in [-0.25, -0.2) is 9.97 Å². The van der Waals surface area contributed by atoms with E-state index >= 15 is 0 Å². The zero-order valence-corrected chi connectivity index (χ0v) is 13.6. The number of anilines is 1. The molecule has 5 nitrogen and oxygen atoms in total. The average molecular weight is 293 g/mol. The summed E-state index contributed by atoms with van der Waals surface area (Å²) in [5.74, 6) is 1.20. The molecule has 0 saturated heterocycles. The highest BCUT2D eigenvalue weighted by molar-refractivity contribution is 5.31. The molecule has 2 N–H and O–H groups in total. The molecule has 1 aliphatic carbocycles. The predicted molar refractivity (Wildman–Crippen MR) is 82.7 cm³/mol. The van der Waals surface area contributed by atoms with Gasteiger partial charge in [-0.3, -0.25) is 0 Å². The van der Waals surface area contributed by atoms with Crippen molar-refractivity contribution in [3.8, 4) is 0 Å². The first-order chi connectivity index (χ1) is 9.91. The molecule has 0 atom stereocenters. The number of nitrogens with zero attached hydrogens (tertiary/aromatic N) is 2. The van der Waals surface area contributed by atoms with Gasteiger partial charge in [0.15, 0.2) is 5.82 Å². The van der Waals surface area contributed by atoms with E-state index in [1.54, 1.807) is 13.2 Å². The van der Waals surface area contributed by atoms with Gasteiger partial charge in [0, 0.05) is 19.8 Å². The summed E-state index contributed by atoms with van der Waals surface area (Å²) in [6.07, 6.45) is 4.07. The second kappa shape index (κ2) is 6.28. The minimum absolute atomic E-state index is 0.357. The monoisotopic (exact) mass is 293 g/mol. The van der Waals surface area contributed by atoms with Gasteiger partial charge in [0.25, 0.3) is 0 Å². The van der Waals surface area contributed by atoms with Gasteiger partial charge in [0.05, 0.1) is 12.3 Å². The molecule has 1 saturated carbocycles. The van der Waals surface area contributed by atoms with Gasteiger partial charge >= 0.3 is 0 Å². The molecule has 21 heavy (non-hydrogen) atoms. The van der Waals surface area contributed by atoms with Crippen molar-refractivity contribution in [2.24, 2.45) is 5.41 Å². The molecule has 0 radical (unpaired) electrons. The van der Waals surface area contributed by atoms with Crippen LogP contribution < -0.4 is 5.73 Å². The lowest BCUT2D eigenvalue weighted by Gasteiger charge is -2.42. The molecule has 0 bridgehead atoms. The fraction of sp³-hybridized carbons (Fsp3) is 0.750. The summed E-state index contributed by atoms with van der Waals surface area (Å²) in [5.41, 5.74) is 6.71. The van der Waals surface area contributed by atoms with Crippen LogP contribution >= 0.6 is 0 Å². The third kappa shape index (κ3) is 3.71. The summed E-state index contributed by atoms with van der Waals surface area (Å²) in [5, 5.41) is 0. The normalized spacial score (nSPS) is 20.4. The lowest BCUT2D eigenvalue weighted by molar-refractivity contribution is -0.0949. The van der Waals surface area contributed by atoms with Gasteiger partial charge in [-0.1, -0.05) is 13.8 Å². The third-order valence-corrected chi connectivity index (χ3v) is 4.33. The number of nitrogens with two attached hydrogens (primary N) is 1. The molecule has 1 aromatic rings. The Morgan fingerprint density at radius 1 is 1.19 bits per heavy atom. The Morgan fingerprint density at radius 2 is 1.86 bits per heavy atom. The Labute approximate surface area is 127 Å². The van der Waals surface area contributed by atoms with Gasteiger partial charge in [0.1, 0.15) is 11.4 Å². The van der Waals surface area contributed by atoms with Crippen LogP contribution in [0, 0.1) is 5.41 Å². The topological polar surface area (TPSA) is 70.3 Å². The van der Waals surface area contributed by atoms with E-state index < -0.39 is 5.60 Å². The quantitative estimate of drug-likeness (QED) is 0.903. The van der Waals surface area contributed by atoms with Gasteiger partial charge in [-0.2, -0.15) is 0 Å². The number of rotatable bonds is 5. The van der Waals surface area contributed by atoms with E-state index in [1.807, 2.05) is 6.92 Å². The standard InChI is InChI=1S/C16H27N3O2/c1-5-21-16(8-6-15(2,3)7-9-16)14-18-12(11-20-4)10-13(17)19-14/h10H,5-9,11H2,1-4H3,(H2,17,18,19). The van der Waals surface area contributed by atoms with Crippen molar-refractivity contribution in [2.75, 3.05) is 19.5 Å². The summed E-state index contributed by atoms with van der Waals surface area (Å²) in [4.78, 5) is 9.11. The van der Waals surface area contributed by atoms with Crippen LogP contribution in [0.5, 0.6) is 0 Å². The average Bonchev–Trinajstić information content (AvgIpc) is 2.41. The minimum Gasteiger partial charge on any atom is -0.384 e. The smallest absolute Gasteiger partial charge is 0.162 e. The van der Waals surface area contributed by atoms with Crippen molar-refractivity contribution in [3.05, 3.63) is 17.6 Å². The molecule has 118 valence electrons. The number of nitrogen functional groups attached to an aromatic ring is 1. The maximum atomic E-state index is 6.12. The first-order valence-corrected chi connectivity index (χ1v) is 7.68. The fourth-order valence-corrected chi connectivity index (χ4v) is 2.98. The largest absolute Gasteiger partial charge is 0.384 e. The van der Waals surface area contributed by atoms with Crippen LogP contribution in [0.2, 0.25) is 0 Å². The summed E-state index contributed by atoms with van der Waals surface area (Å²) >= 11 is 0. The van der Waals surface area contributed by atoms with Crippen molar-refractivity contribution >= 4 is 5.82 Å². The van der Waals surface area contributed by atoms with E-state index in [0.29, 0.717) is 30.3 Å². The second-order valence-corrected chi connectivity index (χ2v) is 6.63. The van der Waals surface area contributed by atoms with Gasteiger partial charge < -0.3 is 15.2 Å². The molecule has 0 unspecified atom stereocenters. The lowest BCUT2D eigenvalue weighted by Crippen LogP contribution is -2.39. The second-order valence-electron chi connectivity index (χ2n) is 6.63. The SMILES string of the molecule is CCOC1(c2nc(N)cc(COC)n2)CCC(C)(C)CC1. The van der Waals surface area contributed by atoms with Gasteiger partial charge in [0.2, 0.25) is 0 Å². The molecule has 1 aliphatic rings. The zero-order valence-electron chi connectivity index (χ0n) is 13.6. The molecule has 0 aromatic carbocycles. The lowest BCUT2D eigenvalue weighted by atomic mass is 9.70. The van der Waals surface area contributed by atoms with Crippen molar-refractivity contribution in [1.29, 1.82) is 0 Å². The van der Waals surface area contributed by atoms with E-state index in [-0.39, 0.29) is 0 Å². The van der Waals surface area contributed by atoms with E-state index in [0.717, 1.165) is 31.4 Å². The predicted octanol–water partition coefficient (Wildman–Crippen LogP) is 3.04. The zero-order chi connectivity index (χ0) is 15.5. The van der Waals surface area contributed by atoms with Crippen molar-refractivity contribution < 1.29 is 9.47 Å². The molecule has 0 amide bonds. The third-order valence-electron chi connectivity index (χ3n) is 4.33. The van der Waals surface area contributed by atoms with Gasteiger partial charge in [-0.05, 0) is 38.0 Å². The minimum atomic E-state index is -0.401. The number of methoxy groups -OCH3 is 1. The number of ether oxygens (including phenoxy) is 2. The van der Waals surface area contributed by atoms with Crippen LogP contribution in [0.4, 0.5) is 5.82 Å². The summed E-state index contributed by atoms with van der Waals surface area (Å²) in [6, 6.07) is 1.76. The molecular weight excluding hydrogens is 266 g/mol. The highest BCUT2D eigenvalue weighted by atomic mass is 16.5. The maximum Gasteiger partial charge on any atom is 0.162 e. The molecule has 5 heteroatoms. The molecule has 1 fully saturated rings. The Hall–Kier alpha value is -1.20. The molecule has 1 heterocycles. The van der Waals surface area contributed by atoms with Gasteiger partial charge in [-0.15, -0.1) is 0 Å². The molecular formula is C16H27N3O2. The number of aromatic nitrogens is 2. The van der Waals surface area contributed by atoms with Crippen molar-refractivity contribution in [1.82, 2.24) is 9.97 Å². The van der Waals surface area contributed by atoms with Crippen LogP contribution in [0.15, 0.2) is 6.07 Å². The fourth-order valence-electron chi connectivity index (χ4n) is 2.98. The Morgan fingerprint density at radius 3 is 2.43 bits per heavy atom. The van der Waals surface area contributed by atoms with Crippen LogP contribution in [-0.2, 0) is 21.7 Å². The number of hydrogen-bond acceptors (Lipinski definition) is 5.